The van der Waals surface area contributed by atoms with Crippen LogP contribution >= 0.6 is 11.6 Å². The van der Waals surface area contributed by atoms with Gasteiger partial charge in [0.05, 0.1) is 11.6 Å². The molecule has 3 heterocycles. The Morgan fingerprint density at radius 2 is 2.04 bits per heavy atom. The summed E-state index contributed by atoms with van der Waals surface area (Å²) in [6.07, 6.45) is 4.43. The van der Waals surface area contributed by atoms with Gasteiger partial charge in [0.2, 0.25) is 5.88 Å². The number of nitrogens with zero attached hydrogens (tertiary/aromatic N) is 4. The third kappa shape index (κ3) is 4.27. The second-order valence-electron chi connectivity index (χ2n) is 6.94. The summed E-state index contributed by atoms with van der Waals surface area (Å²) in [5.74, 6) is 0.880. The van der Waals surface area contributed by atoms with Crippen molar-refractivity contribution < 1.29 is 13.9 Å². The largest absolute Gasteiger partial charge is 0.472 e. The Balaban J connectivity index is 1.33. The van der Waals surface area contributed by atoms with Gasteiger partial charge >= 0.3 is 6.03 Å². The molecule has 2 fully saturated rings. The molecule has 2 aliphatic heterocycles. The number of halogens is 2. The molecule has 0 radical (unpaired) electrons. The van der Waals surface area contributed by atoms with Gasteiger partial charge in [0.1, 0.15) is 24.1 Å². The van der Waals surface area contributed by atoms with E-state index in [2.05, 4.69) is 20.2 Å². The highest BCUT2D eigenvalue weighted by atomic mass is 35.5. The van der Waals surface area contributed by atoms with Crippen molar-refractivity contribution in [2.45, 2.75) is 25.4 Å². The Hall–Kier alpha value is -2.61. The molecule has 2 saturated heterocycles. The number of nitrogens with one attached hydrogen (secondary N) is 1. The molecule has 28 heavy (non-hydrogen) atoms. The van der Waals surface area contributed by atoms with Crippen molar-refractivity contribution in [1.82, 2.24) is 14.9 Å². The summed E-state index contributed by atoms with van der Waals surface area (Å²) in [6, 6.07) is 5.67. The maximum Gasteiger partial charge on any atom is 0.321 e. The number of urea groups is 1. The molecule has 1 atom stereocenters. The van der Waals surface area contributed by atoms with Gasteiger partial charge in [-0.2, -0.15) is 0 Å². The van der Waals surface area contributed by atoms with Crippen molar-refractivity contribution in [2.24, 2.45) is 0 Å². The molecule has 2 amide bonds. The van der Waals surface area contributed by atoms with Crippen LogP contribution in [0, 0.1) is 5.82 Å². The van der Waals surface area contributed by atoms with Crippen molar-refractivity contribution in [3.05, 3.63) is 41.4 Å². The predicted octanol–water partition coefficient (Wildman–Crippen LogP) is 3.55. The van der Waals surface area contributed by atoms with Gasteiger partial charge in [-0.25, -0.2) is 19.2 Å². The molecule has 2 aromatic rings. The first-order valence-electron chi connectivity index (χ1n) is 9.33. The van der Waals surface area contributed by atoms with E-state index in [0.29, 0.717) is 31.1 Å². The lowest BCUT2D eigenvalue weighted by atomic mass is 10.3. The highest BCUT2D eigenvalue weighted by molar-refractivity contribution is 6.31. The van der Waals surface area contributed by atoms with Crippen LogP contribution in [0.4, 0.5) is 20.7 Å². The van der Waals surface area contributed by atoms with Crippen LogP contribution in [-0.4, -0.2) is 53.2 Å². The molecule has 7 nitrogen and oxygen atoms in total. The average molecular weight is 406 g/mol. The zero-order valence-corrected chi connectivity index (χ0v) is 16.0. The van der Waals surface area contributed by atoms with Crippen molar-refractivity contribution >= 4 is 29.1 Å². The Kier molecular flexibility index (Phi) is 5.47. The van der Waals surface area contributed by atoms with Gasteiger partial charge in [0, 0.05) is 37.8 Å². The van der Waals surface area contributed by atoms with Crippen LogP contribution in [0.1, 0.15) is 19.3 Å². The van der Waals surface area contributed by atoms with Crippen LogP contribution in [0.5, 0.6) is 5.88 Å². The zero-order chi connectivity index (χ0) is 19.5. The number of carbonyl (C=O) groups excluding carboxylic acids is 1. The number of carbonyl (C=O) groups is 1. The van der Waals surface area contributed by atoms with Gasteiger partial charge in [-0.05, 0) is 31.0 Å². The third-order valence-electron chi connectivity index (χ3n) is 4.95. The summed E-state index contributed by atoms with van der Waals surface area (Å²) < 4.78 is 19.2. The fourth-order valence-corrected chi connectivity index (χ4v) is 3.65. The molecule has 1 aromatic heterocycles. The lowest BCUT2D eigenvalue weighted by Crippen LogP contribution is -2.34. The first-order chi connectivity index (χ1) is 13.6. The monoisotopic (exact) mass is 405 g/mol. The summed E-state index contributed by atoms with van der Waals surface area (Å²) in [4.78, 5) is 24.8. The molecule has 0 aliphatic carbocycles. The van der Waals surface area contributed by atoms with E-state index < -0.39 is 5.82 Å². The number of ether oxygens (including phenoxy) is 1. The van der Waals surface area contributed by atoms with E-state index in [1.165, 1.54) is 37.4 Å². The van der Waals surface area contributed by atoms with Crippen LogP contribution in [0.2, 0.25) is 5.02 Å². The predicted molar refractivity (Wildman–Crippen MR) is 105 cm³/mol. The minimum Gasteiger partial charge on any atom is -0.472 e. The highest BCUT2D eigenvalue weighted by Gasteiger charge is 2.28. The molecule has 0 bridgehead atoms. The fraction of sp³-hybridized carbons (Fsp3) is 0.421. The van der Waals surface area contributed by atoms with Crippen molar-refractivity contribution in [2.75, 3.05) is 36.4 Å². The van der Waals surface area contributed by atoms with E-state index in [-0.39, 0.29) is 17.2 Å². The van der Waals surface area contributed by atoms with Gasteiger partial charge in [-0.15, -0.1) is 0 Å². The number of benzene rings is 1. The second kappa shape index (κ2) is 8.18. The van der Waals surface area contributed by atoms with Crippen molar-refractivity contribution in [3.63, 3.8) is 0 Å². The molecule has 148 valence electrons. The number of likely N-dealkylation sites (tertiary alicyclic amines) is 1. The number of hydrogen-bond donors (Lipinski definition) is 1. The molecule has 1 aromatic carbocycles. The number of amides is 2. The Morgan fingerprint density at radius 1 is 1.21 bits per heavy atom. The van der Waals surface area contributed by atoms with E-state index in [4.69, 9.17) is 16.3 Å². The Bertz CT molecular complexity index is 862. The third-order valence-corrected chi connectivity index (χ3v) is 5.24. The van der Waals surface area contributed by atoms with Crippen LogP contribution in [0.3, 0.4) is 0 Å². The van der Waals surface area contributed by atoms with Crippen LogP contribution in [0.15, 0.2) is 30.6 Å². The molecule has 0 spiro atoms. The number of rotatable bonds is 4. The van der Waals surface area contributed by atoms with E-state index in [1.54, 1.807) is 4.90 Å². The molecule has 1 N–H and O–H groups in total. The fourth-order valence-electron chi connectivity index (χ4n) is 3.47. The maximum atomic E-state index is 13.2. The van der Waals surface area contributed by atoms with Gasteiger partial charge in [-0.3, -0.25) is 0 Å². The summed E-state index contributed by atoms with van der Waals surface area (Å²) in [7, 11) is 0. The summed E-state index contributed by atoms with van der Waals surface area (Å²) in [5, 5.41) is 2.70. The first kappa shape index (κ1) is 18.7. The lowest BCUT2D eigenvalue weighted by Gasteiger charge is -2.19. The SMILES string of the molecule is O=C(Nc1ccc(F)c(Cl)c1)N1CCC(Oc2cc(N3CCCC3)ncn2)C1. The van der Waals surface area contributed by atoms with E-state index in [9.17, 15) is 9.18 Å². The van der Waals surface area contributed by atoms with Gasteiger partial charge < -0.3 is 19.9 Å². The summed E-state index contributed by atoms with van der Waals surface area (Å²) >= 11 is 5.75. The average Bonchev–Trinajstić information content (AvgIpc) is 3.37. The molecule has 0 saturated carbocycles. The molecular weight excluding hydrogens is 385 g/mol. The van der Waals surface area contributed by atoms with Crippen molar-refractivity contribution in [3.8, 4) is 5.88 Å². The van der Waals surface area contributed by atoms with E-state index in [0.717, 1.165) is 18.9 Å². The zero-order valence-electron chi connectivity index (χ0n) is 15.3. The number of hydrogen-bond acceptors (Lipinski definition) is 5. The van der Waals surface area contributed by atoms with E-state index >= 15 is 0 Å². The van der Waals surface area contributed by atoms with Crippen molar-refractivity contribution in [1.29, 1.82) is 0 Å². The topological polar surface area (TPSA) is 70.6 Å². The van der Waals surface area contributed by atoms with Crippen LogP contribution < -0.4 is 15.0 Å². The normalized spacial score (nSPS) is 19.1. The Labute approximate surface area is 167 Å². The molecule has 2 aliphatic rings. The first-order valence-corrected chi connectivity index (χ1v) is 9.71. The van der Waals surface area contributed by atoms with Gasteiger partial charge in [0.25, 0.3) is 0 Å². The van der Waals surface area contributed by atoms with Crippen LogP contribution in [-0.2, 0) is 0 Å². The molecule has 4 rings (SSSR count). The summed E-state index contributed by atoms with van der Waals surface area (Å²) in [6.45, 7) is 3.02. The number of aromatic nitrogens is 2. The quantitative estimate of drug-likeness (QED) is 0.842. The minimum atomic E-state index is -0.521. The number of anilines is 2. The standard InChI is InChI=1S/C19H21ClFN5O2/c20-15-9-13(3-4-16(15)21)24-19(27)26-8-5-14(11-26)28-18-10-17(22-12-23-18)25-6-1-2-7-25/h3-4,9-10,12,14H,1-2,5-8,11H2,(H,24,27). The Morgan fingerprint density at radius 3 is 2.82 bits per heavy atom. The molecule has 9 heteroatoms. The van der Waals surface area contributed by atoms with Gasteiger partial charge in [0.15, 0.2) is 0 Å². The molecular formula is C19H21ClFN5O2. The van der Waals surface area contributed by atoms with Gasteiger partial charge in [-0.1, -0.05) is 11.6 Å². The minimum absolute atomic E-state index is 0.0296. The van der Waals surface area contributed by atoms with E-state index in [1.807, 2.05) is 6.07 Å². The maximum absolute atomic E-state index is 13.2. The smallest absolute Gasteiger partial charge is 0.321 e. The molecule has 1 unspecified atom stereocenters. The van der Waals surface area contributed by atoms with Crippen LogP contribution in [0.25, 0.3) is 0 Å². The second-order valence-corrected chi connectivity index (χ2v) is 7.35. The summed E-state index contributed by atoms with van der Waals surface area (Å²) in [5.41, 5.74) is 0.451. The highest BCUT2D eigenvalue weighted by Crippen LogP contribution is 2.24. The lowest BCUT2D eigenvalue weighted by molar-refractivity contribution is 0.189.